The maximum absolute atomic E-state index is 10.5. The van der Waals surface area contributed by atoms with Crippen molar-refractivity contribution in [2.75, 3.05) is 44.2 Å². The molecule has 1 aromatic carbocycles. The molecule has 1 saturated carbocycles. The fraction of sp³-hybridized carbons (Fsp3) is 0.739. The van der Waals surface area contributed by atoms with Crippen LogP contribution in [0.1, 0.15) is 45.6 Å². The highest BCUT2D eigenvalue weighted by atomic mass is 35.5. The van der Waals surface area contributed by atoms with E-state index in [1.54, 1.807) is 0 Å². The van der Waals surface area contributed by atoms with Crippen molar-refractivity contribution in [3.63, 3.8) is 0 Å². The molecule has 4 nitrogen and oxygen atoms in total. The Labute approximate surface area is 175 Å². The minimum atomic E-state index is -0.380. The largest absolute Gasteiger partial charge is 0.385 e. The van der Waals surface area contributed by atoms with Gasteiger partial charge in [0, 0.05) is 10.7 Å². The van der Waals surface area contributed by atoms with Crippen LogP contribution in [0.2, 0.25) is 5.02 Å². The van der Waals surface area contributed by atoms with Crippen molar-refractivity contribution in [1.82, 2.24) is 0 Å². The van der Waals surface area contributed by atoms with Gasteiger partial charge in [-0.05, 0) is 55.2 Å². The van der Waals surface area contributed by atoms with Crippen molar-refractivity contribution in [1.29, 1.82) is 0 Å². The average Bonchev–Trinajstić information content (AvgIpc) is 2.61. The number of rotatable bonds is 6. The minimum Gasteiger partial charge on any atom is -0.385 e. The number of aliphatic hydroxyl groups is 1. The molecule has 0 aromatic heterocycles. The second-order valence-corrected chi connectivity index (χ2v) is 10.3. The Morgan fingerprint density at radius 2 is 2.00 bits per heavy atom. The van der Waals surface area contributed by atoms with Crippen molar-refractivity contribution in [3.8, 4) is 0 Å². The average molecular weight is 410 g/mol. The smallest absolute Gasteiger partial charge is 0.126 e. The van der Waals surface area contributed by atoms with E-state index >= 15 is 0 Å². The summed E-state index contributed by atoms with van der Waals surface area (Å²) in [6.07, 6.45) is 3.42. The molecule has 0 unspecified atom stereocenters. The molecule has 1 saturated heterocycles. The van der Waals surface area contributed by atoms with Crippen LogP contribution in [0.25, 0.3) is 0 Å². The first kappa shape index (κ1) is 21.9. The number of aliphatic hydroxyl groups excluding tert-OH is 1. The standard InChI is InChI=1S/C23H37ClN2O2/c1-17-11-21(14-23(3,4)13-17)28-16-20(27)15-25-7-9-26(10-8-25)22-12-19(24)6-5-18(22)2/h5-6,12,17,20-21,27H,7-11,13-16H2,1-4H3/p+1/t17-,20+,21+/m0/s1. The Kier molecular flexibility index (Phi) is 7.30. The molecule has 0 amide bonds. The first-order valence-electron chi connectivity index (χ1n) is 10.9. The molecule has 1 heterocycles. The number of quaternary nitrogens is 1. The third-order valence-corrected chi connectivity index (χ3v) is 6.61. The van der Waals surface area contributed by atoms with Crippen LogP contribution >= 0.6 is 11.6 Å². The topological polar surface area (TPSA) is 37.1 Å². The fourth-order valence-corrected chi connectivity index (χ4v) is 5.38. The van der Waals surface area contributed by atoms with Gasteiger partial charge < -0.3 is 19.6 Å². The zero-order valence-electron chi connectivity index (χ0n) is 18.0. The monoisotopic (exact) mass is 409 g/mol. The molecular formula is C23H38ClN2O2+. The summed E-state index contributed by atoms with van der Waals surface area (Å²) < 4.78 is 6.12. The number of benzene rings is 1. The van der Waals surface area contributed by atoms with Crippen LogP contribution in [0.5, 0.6) is 0 Å². The predicted octanol–water partition coefficient (Wildman–Crippen LogP) is 2.95. The highest BCUT2D eigenvalue weighted by Crippen LogP contribution is 2.39. The molecule has 0 radical (unpaired) electrons. The SMILES string of the molecule is Cc1ccc(Cl)cc1N1CC[NH+](C[C@@H](O)CO[C@@H]2C[C@H](C)CC(C)(C)C2)CC1. The molecule has 2 fully saturated rings. The predicted molar refractivity (Wildman–Crippen MR) is 117 cm³/mol. The van der Waals surface area contributed by atoms with Gasteiger partial charge in [0.2, 0.25) is 0 Å². The fourth-order valence-electron chi connectivity index (χ4n) is 5.22. The number of nitrogens with zero attached hydrogens (tertiary/aromatic N) is 1. The van der Waals surface area contributed by atoms with E-state index in [9.17, 15) is 5.11 Å². The zero-order valence-corrected chi connectivity index (χ0v) is 18.8. The molecule has 5 heteroatoms. The summed E-state index contributed by atoms with van der Waals surface area (Å²) in [5.74, 6) is 0.708. The van der Waals surface area contributed by atoms with Crippen molar-refractivity contribution in [3.05, 3.63) is 28.8 Å². The van der Waals surface area contributed by atoms with Gasteiger partial charge in [0.15, 0.2) is 0 Å². The van der Waals surface area contributed by atoms with E-state index < -0.39 is 0 Å². The lowest BCUT2D eigenvalue weighted by atomic mass is 9.71. The van der Waals surface area contributed by atoms with E-state index in [1.807, 2.05) is 6.07 Å². The van der Waals surface area contributed by atoms with Gasteiger partial charge in [-0.2, -0.15) is 0 Å². The van der Waals surface area contributed by atoms with Gasteiger partial charge in [-0.1, -0.05) is 38.4 Å². The minimum absolute atomic E-state index is 0.297. The van der Waals surface area contributed by atoms with Crippen molar-refractivity contribution < 1.29 is 14.7 Å². The summed E-state index contributed by atoms with van der Waals surface area (Å²) in [5.41, 5.74) is 2.86. The maximum atomic E-state index is 10.5. The molecule has 2 N–H and O–H groups in total. The van der Waals surface area contributed by atoms with Crippen LogP contribution in [0.3, 0.4) is 0 Å². The Hall–Kier alpha value is -0.810. The molecule has 0 bridgehead atoms. The van der Waals surface area contributed by atoms with Gasteiger partial charge in [-0.15, -0.1) is 0 Å². The number of halogens is 1. The lowest BCUT2D eigenvalue weighted by molar-refractivity contribution is -0.903. The van der Waals surface area contributed by atoms with Crippen LogP contribution in [0.4, 0.5) is 5.69 Å². The van der Waals surface area contributed by atoms with E-state index in [4.69, 9.17) is 16.3 Å². The summed E-state index contributed by atoms with van der Waals surface area (Å²) in [6.45, 7) is 14.4. The molecule has 3 rings (SSSR count). The second kappa shape index (κ2) is 9.34. The van der Waals surface area contributed by atoms with Crippen LogP contribution in [-0.4, -0.2) is 56.6 Å². The van der Waals surface area contributed by atoms with Crippen LogP contribution in [-0.2, 0) is 4.74 Å². The van der Waals surface area contributed by atoms with Crippen molar-refractivity contribution in [2.24, 2.45) is 11.3 Å². The Morgan fingerprint density at radius 3 is 2.68 bits per heavy atom. The number of hydrogen-bond donors (Lipinski definition) is 2. The quantitative estimate of drug-likeness (QED) is 0.758. The highest BCUT2D eigenvalue weighted by Gasteiger charge is 2.33. The number of aryl methyl sites for hydroxylation is 1. The highest BCUT2D eigenvalue weighted by molar-refractivity contribution is 6.30. The van der Waals surface area contributed by atoms with E-state index in [0.717, 1.165) is 50.6 Å². The lowest BCUT2D eigenvalue weighted by Gasteiger charge is -2.39. The lowest BCUT2D eigenvalue weighted by Crippen LogP contribution is -3.16. The van der Waals surface area contributed by atoms with Crippen LogP contribution in [0, 0.1) is 18.3 Å². The third kappa shape index (κ3) is 6.09. The molecule has 158 valence electrons. The van der Waals surface area contributed by atoms with E-state index in [2.05, 4.69) is 44.7 Å². The van der Waals surface area contributed by atoms with Gasteiger partial charge in [0.25, 0.3) is 0 Å². The molecule has 3 atom stereocenters. The number of ether oxygens (including phenoxy) is 1. The first-order valence-corrected chi connectivity index (χ1v) is 11.2. The summed E-state index contributed by atoms with van der Waals surface area (Å²) in [6, 6.07) is 6.11. The van der Waals surface area contributed by atoms with Crippen molar-refractivity contribution in [2.45, 2.75) is 59.2 Å². The molecule has 1 aliphatic carbocycles. The Morgan fingerprint density at radius 1 is 1.29 bits per heavy atom. The normalized spacial score (nSPS) is 27.0. The van der Waals surface area contributed by atoms with Gasteiger partial charge in [-0.3, -0.25) is 0 Å². The summed E-state index contributed by atoms with van der Waals surface area (Å²) in [7, 11) is 0. The molecule has 28 heavy (non-hydrogen) atoms. The number of nitrogens with one attached hydrogen (secondary N) is 1. The Balaban J connectivity index is 1.41. The third-order valence-electron chi connectivity index (χ3n) is 6.38. The van der Waals surface area contributed by atoms with Crippen molar-refractivity contribution >= 4 is 17.3 Å². The molecule has 2 aliphatic rings. The number of anilines is 1. The van der Waals surface area contributed by atoms with Crippen LogP contribution < -0.4 is 9.80 Å². The van der Waals surface area contributed by atoms with E-state index in [1.165, 1.54) is 22.6 Å². The Bertz CT molecular complexity index is 643. The zero-order chi connectivity index (χ0) is 20.3. The van der Waals surface area contributed by atoms with Gasteiger partial charge in [0.05, 0.1) is 38.9 Å². The van der Waals surface area contributed by atoms with Gasteiger partial charge in [-0.25, -0.2) is 0 Å². The molecule has 1 aliphatic heterocycles. The second-order valence-electron chi connectivity index (χ2n) is 9.89. The molecule has 0 spiro atoms. The van der Waals surface area contributed by atoms with E-state index in [-0.39, 0.29) is 6.10 Å². The number of piperazine rings is 1. The van der Waals surface area contributed by atoms with Crippen LogP contribution in [0.15, 0.2) is 18.2 Å². The summed E-state index contributed by atoms with van der Waals surface area (Å²) in [4.78, 5) is 3.88. The summed E-state index contributed by atoms with van der Waals surface area (Å²) in [5, 5.41) is 11.3. The first-order chi connectivity index (χ1) is 13.2. The molecular weight excluding hydrogens is 372 g/mol. The van der Waals surface area contributed by atoms with Gasteiger partial charge >= 0.3 is 0 Å². The maximum Gasteiger partial charge on any atom is 0.126 e. The van der Waals surface area contributed by atoms with E-state index in [0.29, 0.717) is 24.0 Å². The molecule has 1 aromatic rings. The number of hydrogen-bond acceptors (Lipinski definition) is 3. The van der Waals surface area contributed by atoms with Gasteiger partial charge in [0.1, 0.15) is 12.6 Å². The summed E-state index contributed by atoms with van der Waals surface area (Å²) >= 11 is 6.18.